The van der Waals surface area contributed by atoms with Gasteiger partial charge in [0.1, 0.15) is 10.6 Å². The molecule has 0 spiro atoms. The van der Waals surface area contributed by atoms with E-state index in [1.54, 1.807) is 0 Å². The van der Waals surface area contributed by atoms with Crippen LogP contribution in [0.1, 0.15) is 19.3 Å². The molecule has 1 unspecified atom stereocenters. The van der Waals surface area contributed by atoms with Gasteiger partial charge < -0.3 is 19.5 Å². The van der Waals surface area contributed by atoms with Crippen molar-refractivity contribution in [3.63, 3.8) is 0 Å². The van der Waals surface area contributed by atoms with Crippen molar-refractivity contribution in [2.75, 3.05) is 4.90 Å². The summed E-state index contributed by atoms with van der Waals surface area (Å²) in [6, 6.07) is 16.0. The monoisotopic (exact) mass is 554 g/mol. The molecule has 1 heterocycles. The lowest BCUT2D eigenvalue weighted by molar-refractivity contribution is -0.274. The topological polar surface area (TPSA) is 88.1 Å². The smallest absolute Gasteiger partial charge is 0.453 e. The second-order valence-corrected chi connectivity index (χ2v) is 10.9. The summed E-state index contributed by atoms with van der Waals surface area (Å²) >= 11 is 6.01. The van der Waals surface area contributed by atoms with Crippen molar-refractivity contribution >= 4 is 33.0 Å². The van der Waals surface area contributed by atoms with E-state index in [9.17, 15) is 26.7 Å². The Morgan fingerprint density at radius 3 is 2.22 bits per heavy atom. The summed E-state index contributed by atoms with van der Waals surface area (Å²) in [5.41, 5.74) is 1.49. The van der Waals surface area contributed by atoms with Crippen LogP contribution >= 0.6 is 11.6 Å². The van der Waals surface area contributed by atoms with Gasteiger partial charge >= 0.3 is 6.36 Å². The highest BCUT2D eigenvalue weighted by Crippen LogP contribution is 2.49. The van der Waals surface area contributed by atoms with Gasteiger partial charge in [-0.15, -0.1) is 13.2 Å². The van der Waals surface area contributed by atoms with E-state index in [4.69, 9.17) is 16.3 Å². The maximum Gasteiger partial charge on any atom is 0.573 e. The molecule has 0 amide bonds. The predicted octanol–water partition coefficient (Wildman–Crippen LogP) is 5.74. The molecule has 1 aliphatic heterocycles. The van der Waals surface area contributed by atoms with Gasteiger partial charge in [0, 0.05) is 6.07 Å². The molecule has 1 aliphatic carbocycles. The van der Waals surface area contributed by atoms with Gasteiger partial charge in [0.2, 0.25) is 10.0 Å². The van der Waals surface area contributed by atoms with Crippen molar-refractivity contribution in [3.05, 3.63) is 71.8 Å². The number of sulfonamides is 1. The third-order valence-corrected chi connectivity index (χ3v) is 8.33. The van der Waals surface area contributed by atoms with Crippen LogP contribution < -0.4 is 19.1 Å². The number of para-hydroxylation sites is 4. The van der Waals surface area contributed by atoms with Crippen LogP contribution in [0.2, 0.25) is 5.02 Å². The quantitative estimate of drug-likeness (QED) is 0.418. The van der Waals surface area contributed by atoms with Crippen molar-refractivity contribution in [1.82, 2.24) is 4.72 Å². The lowest BCUT2D eigenvalue weighted by atomic mass is 9.86. The zero-order valence-electron chi connectivity index (χ0n) is 19.2. The zero-order chi connectivity index (χ0) is 26.4. The van der Waals surface area contributed by atoms with E-state index >= 15 is 0 Å². The van der Waals surface area contributed by atoms with E-state index in [1.165, 1.54) is 0 Å². The minimum absolute atomic E-state index is 0.359. The molecular weight excluding hydrogens is 533 g/mol. The van der Waals surface area contributed by atoms with Gasteiger partial charge in [-0.2, -0.15) is 0 Å². The van der Waals surface area contributed by atoms with Gasteiger partial charge in [0.05, 0.1) is 34.6 Å². The molecule has 0 bridgehead atoms. The molecule has 1 fully saturated rings. The van der Waals surface area contributed by atoms with Crippen LogP contribution in [0, 0.1) is 0 Å². The maximum atomic E-state index is 13.1. The summed E-state index contributed by atoms with van der Waals surface area (Å²) in [6.45, 7) is 0. The maximum absolute atomic E-state index is 13.1. The second kappa shape index (κ2) is 9.71. The van der Waals surface area contributed by atoms with Gasteiger partial charge in [0.25, 0.3) is 0 Å². The number of hydrogen-bond acceptors (Lipinski definition) is 6. The Hall–Kier alpha value is -2.99. The number of aliphatic hydroxyl groups excluding tert-OH is 1. The summed E-state index contributed by atoms with van der Waals surface area (Å²) in [4.78, 5) is 1.55. The van der Waals surface area contributed by atoms with Gasteiger partial charge in [-0.25, -0.2) is 13.1 Å². The van der Waals surface area contributed by atoms with Crippen molar-refractivity contribution in [2.45, 2.75) is 48.7 Å². The molecule has 3 atom stereocenters. The Morgan fingerprint density at radius 2 is 1.62 bits per heavy atom. The summed E-state index contributed by atoms with van der Waals surface area (Å²) < 4.78 is 76.1. The molecule has 37 heavy (non-hydrogen) atoms. The first-order valence-electron chi connectivity index (χ1n) is 11.4. The molecule has 0 radical (unpaired) electrons. The molecule has 3 aromatic rings. The normalized spacial score (nSPS) is 21.5. The highest BCUT2D eigenvalue weighted by Gasteiger charge is 2.41. The number of nitrogens with one attached hydrogen (secondary N) is 1. The van der Waals surface area contributed by atoms with Crippen molar-refractivity contribution < 1.29 is 36.2 Å². The molecule has 0 aromatic heterocycles. The first-order valence-corrected chi connectivity index (χ1v) is 13.3. The molecule has 1 saturated carbocycles. The molecule has 0 saturated heterocycles. The highest BCUT2D eigenvalue weighted by molar-refractivity contribution is 7.89. The number of alkyl halides is 3. The minimum Gasteiger partial charge on any atom is -0.453 e. The number of ether oxygens (including phenoxy) is 2. The van der Waals surface area contributed by atoms with Gasteiger partial charge in [-0.05, 0) is 55.7 Å². The fraction of sp³-hybridized carbons (Fsp3) is 0.280. The van der Waals surface area contributed by atoms with Crippen LogP contribution in [0.4, 0.5) is 24.5 Å². The Morgan fingerprint density at radius 1 is 1.00 bits per heavy atom. The summed E-state index contributed by atoms with van der Waals surface area (Å²) in [5.74, 6) is 0.590. The van der Waals surface area contributed by atoms with E-state index < -0.39 is 50.2 Å². The van der Waals surface area contributed by atoms with Crippen LogP contribution in [0.15, 0.2) is 71.6 Å². The zero-order valence-corrected chi connectivity index (χ0v) is 20.7. The molecule has 2 N–H and O–H groups in total. The van der Waals surface area contributed by atoms with Gasteiger partial charge in [-0.3, -0.25) is 0 Å². The number of hydrogen-bond donors (Lipinski definition) is 2. The van der Waals surface area contributed by atoms with Crippen molar-refractivity contribution in [3.8, 4) is 17.2 Å². The Balaban J connectivity index is 1.41. The first kappa shape index (κ1) is 25.7. The number of nitrogens with zero attached hydrogens (tertiary/aromatic N) is 1. The number of anilines is 2. The second-order valence-electron chi connectivity index (χ2n) is 8.76. The molecule has 196 valence electrons. The van der Waals surface area contributed by atoms with E-state index in [0.29, 0.717) is 30.8 Å². The number of halogens is 4. The summed E-state index contributed by atoms with van der Waals surface area (Å²) in [6.07, 6.45) is -4.50. The van der Waals surface area contributed by atoms with E-state index in [-0.39, 0.29) is 0 Å². The minimum atomic E-state index is -4.94. The number of rotatable bonds is 5. The molecular formula is C25H22ClF3N2O5S. The largest absolute Gasteiger partial charge is 0.573 e. The summed E-state index contributed by atoms with van der Waals surface area (Å²) in [5, 5.41) is 11.0. The Labute approximate surface area is 216 Å². The number of benzene rings is 3. The summed E-state index contributed by atoms with van der Waals surface area (Å²) in [7, 11) is -4.28. The molecule has 5 rings (SSSR count). The third kappa shape index (κ3) is 5.22. The lowest BCUT2D eigenvalue weighted by Crippen LogP contribution is -2.56. The van der Waals surface area contributed by atoms with Crippen molar-refractivity contribution in [2.24, 2.45) is 0 Å². The molecule has 3 aromatic carbocycles. The lowest BCUT2D eigenvalue weighted by Gasteiger charge is -2.44. The third-order valence-electron chi connectivity index (χ3n) is 6.36. The van der Waals surface area contributed by atoms with Crippen molar-refractivity contribution in [1.29, 1.82) is 0 Å². The predicted molar refractivity (Wildman–Crippen MR) is 131 cm³/mol. The van der Waals surface area contributed by atoms with Crippen LogP contribution in [0.25, 0.3) is 0 Å². The average Bonchev–Trinajstić information content (AvgIpc) is 2.83. The molecule has 2 aliphatic rings. The van der Waals surface area contributed by atoms with Gasteiger partial charge in [0.15, 0.2) is 11.5 Å². The van der Waals surface area contributed by atoms with Crippen LogP contribution in [-0.4, -0.2) is 38.1 Å². The van der Waals surface area contributed by atoms with Crippen LogP contribution in [0.3, 0.4) is 0 Å². The standard InChI is InChI=1S/C25H22ClF3N2O5S/c26-16-14-15(36-25(27,28)29)12-13-23(16)37(33,34)30-17-6-5-9-20(24(17)32)31-18-7-1-3-10-21(18)35-22-11-4-2-8-19(22)31/h1-4,7-8,10-14,17,20,24,30,32H,5-6,9H2/t17-,20?,24+/m1/s1. The van der Waals surface area contributed by atoms with Gasteiger partial charge in [-0.1, -0.05) is 35.9 Å². The fourth-order valence-electron chi connectivity index (χ4n) is 4.82. The number of fused-ring (bicyclic) bond motifs is 2. The highest BCUT2D eigenvalue weighted by atomic mass is 35.5. The average molecular weight is 555 g/mol. The SMILES string of the molecule is O=S(=O)(N[C@@H]1CCCC(N2c3ccccc3Oc3ccccc32)[C@H]1O)c1ccc(OC(F)(F)F)cc1Cl. The van der Waals surface area contributed by atoms with Crippen LogP contribution in [0.5, 0.6) is 17.2 Å². The van der Waals surface area contributed by atoms with E-state index in [1.807, 2.05) is 53.4 Å². The number of aliphatic hydroxyl groups is 1. The molecule has 7 nitrogen and oxygen atoms in total. The van der Waals surface area contributed by atoms with Crippen LogP contribution in [-0.2, 0) is 10.0 Å². The Kier molecular flexibility index (Phi) is 6.73. The first-order chi connectivity index (χ1) is 17.5. The Bertz CT molecular complexity index is 1370. The molecule has 12 heteroatoms. The fourth-order valence-corrected chi connectivity index (χ4v) is 6.64. The van der Waals surface area contributed by atoms with E-state index in [2.05, 4.69) is 9.46 Å². The van der Waals surface area contributed by atoms with E-state index in [0.717, 1.165) is 29.6 Å².